The van der Waals surface area contributed by atoms with Crippen LogP contribution >= 0.6 is 0 Å². The summed E-state index contributed by atoms with van der Waals surface area (Å²) < 4.78 is 11.6. The Kier molecular flexibility index (Phi) is 4.66. The van der Waals surface area contributed by atoms with Gasteiger partial charge < -0.3 is 19.7 Å². The molecule has 1 amide bonds. The first-order chi connectivity index (χ1) is 12.6. The monoisotopic (exact) mass is 352 g/mol. The Labute approximate surface area is 153 Å². The second kappa shape index (κ2) is 7.09. The van der Waals surface area contributed by atoms with Crippen molar-refractivity contribution in [1.82, 2.24) is 0 Å². The lowest BCUT2D eigenvalue weighted by atomic mass is 10.0. The zero-order valence-electron chi connectivity index (χ0n) is 15.0. The van der Waals surface area contributed by atoms with Crippen LogP contribution in [-0.2, 0) is 9.47 Å². The Bertz CT molecular complexity index is 755. The number of ether oxygens (including phenoxy) is 2. The molecule has 0 aliphatic carbocycles. The van der Waals surface area contributed by atoms with Crippen molar-refractivity contribution in [3.63, 3.8) is 0 Å². The van der Waals surface area contributed by atoms with Crippen LogP contribution in [0.15, 0.2) is 48.5 Å². The zero-order chi connectivity index (χ0) is 18.0. The first kappa shape index (κ1) is 17.1. The highest BCUT2D eigenvalue weighted by atomic mass is 16.7. The Hall–Kier alpha value is -2.37. The van der Waals surface area contributed by atoms with E-state index >= 15 is 0 Å². The standard InChI is InChI=1S/C21H24N2O3/c1-16-2-4-17(5-3-16)20(24)22-18-6-8-19(9-7-18)23-12-10-21(11-13-23)25-14-15-26-21/h2-9H,10-15H2,1H3,(H,22,24). The molecule has 2 aliphatic heterocycles. The number of aryl methyl sites for hydroxylation is 1. The highest BCUT2D eigenvalue weighted by Crippen LogP contribution is 2.33. The van der Waals surface area contributed by atoms with Gasteiger partial charge >= 0.3 is 0 Å². The minimum Gasteiger partial charge on any atom is -0.371 e. The van der Waals surface area contributed by atoms with Gasteiger partial charge in [0.1, 0.15) is 0 Å². The van der Waals surface area contributed by atoms with E-state index in [0.717, 1.165) is 42.9 Å². The fourth-order valence-electron chi connectivity index (χ4n) is 3.56. The molecule has 2 fully saturated rings. The van der Waals surface area contributed by atoms with E-state index in [-0.39, 0.29) is 11.7 Å². The van der Waals surface area contributed by atoms with Crippen molar-refractivity contribution in [2.24, 2.45) is 0 Å². The number of piperidine rings is 1. The van der Waals surface area contributed by atoms with Gasteiger partial charge in [-0.25, -0.2) is 0 Å². The van der Waals surface area contributed by atoms with Crippen molar-refractivity contribution in [3.8, 4) is 0 Å². The number of amides is 1. The van der Waals surface area contributed by atoms with E-state index in [1.807, 2.05) is 43.3 Å². The largest absolute Gasteiger partial charge is 0.371 e. The molecule has 0 bridgehead atoms. The summed E-state index contributed by atoms with van der Waals surface area (Å²) in [4.78, 5) is 14.6. The molecule has 1 N–H and O–H groups in total. The quantitative estimate of drug-likeness (QED) is 0.917. The number of nitrogens with zero attached hydrogens (tertiary/aromatic N) is 1. The zero-order valence-corrected chi connectivity index (χ0v) is 15.0. The van der Waals surface area contributed by atoms with Crippen LogP contribution in [0.3, 0.4) is 0 Å². The van der Waals surface area contributed by atoms with Crippen molar-refractivity contribution in [3.05, 3.63) is 59.7 Å². The van der Waals surface area contributed by atoms with E-state index in [1.54, 1.807) is 0 Å². The summed E-state index contributed by atoms with van der Waals surface area (Å²) in [6.07, 6.45) is 1.78. The molecular weight excluding hydrogens is 328 g/mol. The topological polar surface area (TPSA) is 50.8 Å². The van der Waals surface area contributed by atoms with E-state index in [0.29, 0.717) is 18.8 Å². The highest BCUT2D eigenvalue weighted by Gasteiger charge is 2.39. The smallest absolute Gasteiger partial charge is 0.255 e. The minimum absolute atomic E-state index is 0.0896. The lowest BCUT2D eigenvalue weighted by molar-refractivity contribution is -0.169. The maximum atomic E-state index is 12.3. The predicted molar refractivity (Wildman–Crippen MR) is 102 cm³/mol. The van der Waals surface area contributed by atoms with Crippen LogP contribution in [0.1, 0.15) is 28.8 Å². The second-order valence-electron chi connectivity index (χ2n) is 6.96. The third-order valence-electron chi connectivity index (χ3n) is 5.14. The lowest BCUT2D eigenvalue weighted by Crippen LogP contribution is -2.45. The fraction of sp³-hybridized carbons (Fsp3) is 0.381. The van der Waals surface area contributed by atoms with Crippen molar-refractivity contribution in [1.29, 1.82) is 0 Å². The van der Waals surface area contributed by atoms with E-state index < -0.39 is 0 Å². The Morgan fingerprint density at radius 2 is 1.58 bits per heavy atom. The average molecular weight is 352 g/mol. The molecule has 0 aromatic heterocycles. The first-order valence-corrected chi connectivity index (χ1v) is 9.15. The highest BCUT2D eigenvalue weighted by molar-refractivity contribution is 6.04. The van der Waals surface area contributed by atoms with Crippen molar-refractivity contribution >= 4 is 17.3 Å². The number of hydrogen-bond donors (Lipinski definition) is 1. The molecule has 2 aromatic rings. The Balaban J connectivity index is 1.36. The molecule has 1 spiro atoms. The molecule has 26 heavy (non-hydrogen) atoms. The number of hydrogen-bond acceptors (Lipinski definition) is 4. The minimum atomic E-state index is -0.349. The maximum absolute atomic E-state index is 12.3. The first-order valence-electron chi connectivity index (χ1n) is 9.15. The van der Waals surface area contributed by atoms with Gasteiger partial charge in [-0.2, -0.15) is 0 Å². The molecule has 0 unspecified atom stereocenters. The van der Waals surface area contributed by atoms with E-state index in [4.69, 9.17) is 9.47 Å². The molecule has 4 rings (SSSR count). The van der Waals surface area contributed by atoms with Crippen molar-refractivity contribution in [2.45, 2.75) is 25.6 Å². The van der Waals surface area contributed by atoms with Crippen LogP contribution < -0.4 is 10.2 Å². The summed E-state index contributed by atoms with van der Waals surface area (Å²) in [5, 5.41) is 2.95. The molecule has 2 saturated heterocycles. The van der Waals surface area contributed by atoms with Gasteiger partial charge in [-0.1, -0.05) is 17.7 Å². The SMILES string of the molecule is Cc1ccc(C(=O)Nc2ccc(N3CCC4(CC3)OCCO4)cc2)cc1. The summed E-state index contributed by atoms with van der Waals surface area (Å²) in [5.41, 5.74) is 3.77. The van der Waals surface area contributed by atoms with Crippen LogP contribution in [0.5, 0.6) is 0 Å². The maximum Gasteiger partial charge on any atom is 0.255 e. The number of benzene rings is 2. The van der Waals surface area contributed by atoms with Crippen molar-refractivity contribution in [2.75, 3.05) is 36.5 Å². The molecule has 0 radical (unpaired) electrons. The molecule has 5 nitrogen and oxygen atoms in total. The molecule has 0 atom stereocenters. The van der Waals surface area contributed by atoms with Gasteiger partial charge in [0.15, 0.2) is 5.79 Å². The number of nitrogens with one attached hydrogen (secondary N) is 1. The van der Waals surface area contributed by atoms with Crippen molar-refractivity contribution < 1.29 is 14.3 Å². The molecule has 2 aliphatic rings. The van der Waals surface area contributed by atoms with Gasteiger partial charge in [0.05, 0.1) is 13.2 Å². The number of carbonyl (C=O) groups is 1. The van der Waals surface area contributed by atoms with Gasteiger partial charge in [0.25, 0.3) is 5.91 Å². The molecular formula is C21H24N2O3. The van der Waals surface area contributed by atoms with Crippen LogP contribution in [0, 0.1) is 6.92 Å². The third-order valence-corrected chi connectivity index (χ3v) is 5.14. The summed E-state index contributed by atoms with van der Waals surface area (Å²) in [6.45, 7) is 5.24. The summed E-state index contributed by atoms with van der Waals surface area (Å²) in [6, 6.07) is 15.6. The van der Waals surface area contributed by atoms with Crippen LogP contribution in [0.2, 0.25) is 0 Å². The predicted octanol–water partition coefficient (Wildman–Crippen LogP) is 3.59. The Morgan fingerprint density at radius 1 is 0.962 bits per heavy atom. The Morgan fingerprint density at radius 3 is 2.19 bits per heavy atom. The molecule has 136 valence electrons. The summed E-state index contributed by atoms with van der Waals surface area (Å²) >= 11 is 0. The fourth-order valence-corrected chi connectivity index (χ4v) is 3.56. The summed E-state index contributed by atoms with van der Waals surface area (Å²) in [7, 11) is 0. The normalized spacial score (nSPS) is 18.9. The van der Waals surface area contributed by atoms with Gasteiger partial charge in [-0.05, 0) is 43.3 Å². The molecule has 5 heteroatoms. The second-order valence-corrected chi connectivity index (χ2v) is 6.96. The van der Waals surface area contributed by atoms with Gasteiger partial charge in [-0.3, -0.25) is 4.79 Å². The van der Waals surface area contributed by atoms with Crippen LogP contribution in [0.25, 0.3) is 0 Å². The average Bonchev–Trinajstić information content (AvgIpc) is 3.12. The molecule has 2 aromatic carbocycles. The van der Waals surface area contributed by atoms with Crippen LogP contribution in [-0.4, -0.2) is 38.0 Å². The number of carbonyl (C=O) groups excluding carboxylic acids is 1. The third kappa shape index (κ3) is 3.59. The van der Waals surface area contributed by atoms with Gasteiger partial charge in [0, 0.05) is 42.9 Å². The number of anilines is 2. The van der Waals surface area contributed by atoms with Crippen LogP contribution in [0.4, 0.5) is 11.4 Å². The molecule has 2 heterocycles. The van der Waals surface area contributed by atoms with Gasteiger partial charge in [0.2, 0.25) is 0 Å². The summed E-state index contributed by atoms with van der Waals surface area (Å²) in [5.74, 6) is -0.438. The number of rotatable bonds is 3. The van der Waals surface area contributed by atoms with E-state index in [1.165, 1.54) is 0 Å². The molecule has 0 saturated carbocycles. The van der Waals surface area contributed by atoms with E-state index in [9.17, 15) is 4.79 Å². The van der Waals surface area contributed by atoms with E-state index in [2.05, 4.69) is 22.3 Å². The lowest BCUT2D eigenvalue weighted by Gasteiger charge is -2.38. The van der Waals surface area contributed by atoms with Gasteiger partial charge in [-0.15, -0.1) is 0 Å².